The topological polar surface area (TPSA) is 15.3 Å². The molecule has 0 aliphatic carbocycles. The van der Waals surface area contributed by atoms with Crippen molar-refractivity contribution in [2.75, 3.05) is 32.7 Å². The zero-order valence-corrected chi connectivity index (χ0v) is 9.75. The van der Waals surface area contributed by atoms with Crippen molar-refractivity contribution < 1.29 is 4.39 Å². The molecule has 0 radical (unpaired) electrons. The third kappa shape index (κ3) is 3.03. The van der Waals surface area contributed by atoms with Crippen LogP contribution in [0.4, 0.5) is 4.39 Å². The summed E-state index contributed by atoms with van der Waals surface area (Å²) in [6.45, 7) is 6.39. The fourth-order valence-corrected chi connectivity index (χ4v) is 2.00. The molecular weight excluding hydrogens is 203 g/mol. The Hall–Kier alpha value is -0.930. The van der Waals surface area contributed by atoms with E-state index in [1.165, 1.54) is 5.56 Å². The maximum absolute atomic E-state index is 14.0. The molecule has 1 fully saturated rings. The van der Waals surface area contributed by atoms with Crippen LogP contribution in [-0.2, 0) is 0 Å². The molecule has 0 bridgehead atoms. The number of hydrogen-bond acceptors (Lipinski definition) is 2. The second-order valence-electron chi connectivity index (χ2n) is 4.43. The monoisotopic (exact) mass is 222 g/mol. The molecule has 2 nitrogen and oxygen atoms in total. The molecule has 1 saturated heterocycles. The van der Waals surface area contributed by atoms with E-state index in [0.29, 0.717) is 6.54 Å². The van der Waals surface area contributed by atoms with Gasteiger partial charge < -0.3 is 5.32 Å². The predicted molar refractivity (Wildman–Crippen MR) is 64.3 cm³/mol. The van der Waals surface area contributed by atoms with Gasteiger partial charge in [-0.3, -0.25) is 4.90 Å². The summed E-state index contributed by atoms with van der Waals surface area (Å²) >= 11 is 0. The van der Waals surface area contributed by atoms with Gasteiger partial charge >= 0.3 is 0 Å². The van der Waals surface area contributed by atoms with E-state index in [1.54, 1.807) is 0 Å². The Morgan fingerprint density at radius 2 is 1.88 bits per heavy atom. The van der Waals surface area contributed by atoms with Crippen molar-refractivity contribution in [2.45, 2.75) is 13.1 Å². The standard InChI is InChI=1S/C13H19FN2/c1-11-2-4-12(5-3-11)13(14)10-16-8-6-15-7-9-16/h2-5,13,15H,6-10H2,1H3. The number of hydrogen-bond donors (Lipinski definition) is 1. The second-order valence-corrected chi connectivity index (χ2v) is 4.43. The summed E-state index contributed by atoms with van der Waals surface area (Å²) in [5.41, 5.74) is 1.97. The van der Waals surface area contributed by atoms with E-state index >= 15 is 0 Å². The van der Waals surface area contributed by atoms with E-state index in [-0.39, 0.29) is 0 Å². The SMILES string of the molecule is Cc1ccc(C(F)CN2CCNCC2)cc1. The second kappa shape index (κ2) is 5.41. The first kappa shape index (κ1) is 11.6. The number of nitrogens with zero attached hydrogens (tertiary/aromatic N) is 1. The fourth-order valence-electron chi connectivity index (χ4n) is 2.00. The molecule has 0 aromatic heterocycles. The van der Waals surface area contributed by atoms with Gasteiger partial charge in [-0.05, 0) is 12.5 Å². The van der Waals surface area contributed by atoms with Gasteiger partial charge in [-0.25, -0.2) is 4.39 Å². The molecule has 1 unspecified atom stereocenters. The average Bonchev–Trinajstić information content (AvgIpc) is 2.31. The van der Waals surface area contributed by atoms with Crippen LogP contribution in [-0.4, -0.2) is 37.6 Å². The number of halogens is 1. The highest BCUT2D eigenvalue weighted by Gasteiger charge is 2.16. The summed E-state index contributed by atoms with van der Waals surface area (Å²) in [6, 6.07) is 7.73. The van der Waals surface area contributed by atoms with Gasteiger partial charge in [0, 0.05) is 32.7 Å². The van der Waals surface area contributed by atoms with Crippen molar-refractivity contribution in [3.05, 3.63) is 35.4 Å². The van der Waals surface area contributed by atoms with E-state index in [2.05, 4.69) is 10.2 Å². The Balaban J connectivity index is 1.91. The van der Waals surface area contributed by atoms with Crippen molar-refractivity contribution in [1.82, 2.24) is 10.2 Å². The van der Waals surface area contributed by atoms with Crippen LogP contribution in [0.15, 0.2) is 24.3 Å². The van der Waals surface area contributed by atoms with Crippen LogP contribution in [0, 0.1) is 6.92 Å². The predicted octanol–water partition coefficient (Wildman–Crippen LogP) is 1.91. The number of alkyl halides is 1. The minimum atomic E-state index is -0.862. The lowest BCUT2D eigenvalue weighted by Crippen LogP contribution is -2.44. The molecule has 0 saturated carbocycles. The number of rotatable bonds is 3. The van der Waals surface area contributed by atoms with Crippen LogP contribution in [0.1, 0.15) is 17.3 Å². The first-order valence-electron chi connectivity index (χ1n) is 5.89. The lowest BCUT2D eigenvalue weighted by molar-refractivity contribution is 0.175. The zero-order valence-electron chi connectivity index (χ0n) is 9.75. The van der Waals surface area contributed by atoms with Crippen LogP contribution >= 0.6 is 0 Å². The van der Waals surface area contributed by atoms with Gasteiger partial charge in [-0.1, -0.05) is 29.8 Å². The minimum Gasteiger partial charge on any atom is -0.314 e. The molecule has 16 heavy (non-hydrogen) atoms. The van der Waals surface area contributed by atoms with Crippen LogP contribution in [0.3, 0.4) is 0 Å². The quantitative estimate of drug-likeness (QED) is 0.840. The third-order valence-electron chi connectivity index (χ3n) is 3.07. The van der Waals surface area contributed by atoms with E-state index in [1.807, 2.05) is 31.2 Å². The number of piperazine rings is 1. The molecule has 1 aromatic rings. The average molecular weight is 222 g/mol. The molecule has 88 valence electrons. The lowest BCUT2D eigenvalue weighted by atomic mass is 10.1. The molecule has 1 aromatic carbocycles. The van der Waals surface area contributed by atoms with E-state index in [9.17, 15) is 4.39 Å². The summed E-state index contributed by atoms with van der Waals surface area (Å²) in [5, 5.41) is 3.27. The van der Waals surface area contributed by atoms with Gasteiger partial charge in [0.05, 0.1) is 0 Å². The van der Waals surface area contributed by atoms with E-state index in [0.717, 1.165) is 31.7 Å². The molecular formula is C13H19FN2. The summed E-state index contributed by atoms with van der Waals surface area (Å²) in [5.74, 6) is 0. The Bertz CT molecular complexity index is 317. The number of benzene rings is 1. The highest BCUT2D eigenvalue weighted by atomic mass is 19.1. The van der Waals surface area contributed by atoms with Crippen molar-refractivity contribution in [1.29, 1.82) is 0 Å². The zero-order chi connectivity index (χ0) is 11.4. The smallest absolute Gasteiger partial charge is 0.138 e. The largest absolute Gasteiger partial charge is 0.314 e. The third-order valence-corrected chi connectivity index (χ3v) is 3.07. The maximum atomic E-state index is 14.0. The maximum Gasteiger partial charge on any atom is 0.138 e. The van der Waals surface area contributed by atoms with Gasteiger partial charge in [0.25, 0.3) is 0 Å². The van der Waals surface area contributed by atoms with Crippen LogP contribution in [0.5, 0.6) is 0 Å². The van der Waals surface area contributed by atoms with Crippen molar-refractivity contribution in [3.63, 3.8) is 0 Å². The van der Waals surface area contributed by atoms with Gasteiger partial charge in [0.15, 0.2) is 0 Å². The summed E-state index contributed by atoms with van der Waals surface area (Å²) in [7, 11) is 0. The van der Waals surface area contributed by atoms with Crippen LogP contribution < -0.4 is 5.32 Å². The molecule has 1 N–H and O–H groups in total. The Kier molecular flexibility index (Phi) is 3.91. The Labute approximate surface area is 96.5 Å². The molecule has 3 heteroatoms. The van der Waals surface area contributed by atoms with Crippen molar-refractivity contribution >= 4 is 0 Å². The highest BCUT2D eigenvalue weighted by molar-refractivity contribution is 5.23. The number of aryl methyl sites for hydroxylation is 1. The fraction of sp³-hybridized carbons (Fsp3) is 0.538. The molecule has 1 aliphatic rings. The van der Waals surface area contributed by atoms with Gasteiger partial charge in [-0.2, -0.15) is 0 Å². The summed E-state index contributed by atoms with van der Waals surface area (Å²) in [4.78, 5) is 2.18. The first-order chi connectivity index (χ1) is 7.75. The van der Waals surface area contributed by atoms with E-state index in [4.69, 9.17) is 0 Å². The molecule has 0 amide bonds. The highest BCUT2D eigenvalue weighted by Crippen LogP contribution is 2.19. The summed E-state index contributed by atoms with van der Waals surface area (Å²) in [6.07, 6.45) is -0.862. The molecule has 2 rings (SSSR count). The number of nitrogens with one attached hydrogen (secondary N) is 1. The first-order valence-corrected chi connectivity index (χ1v) is 5.89. The van der Waals surface area contributed by atoms with Crippen molar-refractivity contribution in [2.24, 2.45) is 0 Å². The molecule has 1 heterocycles. The van der Waals surface area contributed by atoms with Crippen LogP contribution in [0.25, 0.3) is 0 Å². The lowest BCUT2D eigenvalue weighted by Gasteiger charge is -2.28. The Morgan fingerprint density at radius 1 is 1.25 bits per heavy atom. The molecule has 1 aliphatic heterocycles. The minimum absolute atomic E-state index is 0.519. The molecule has 1 atom stereocenters. The van der Waals surface area contributed by atoms with E-state index < -0.39 is 6.17 Å². The van der Waals surface area contributed by atoms with Gasteiger partial charge in [0.1, 0.15) is 6.17 Å². The Morgan fingerprint density at radius 3 is 2.50 bits per heavy atom. The molecule has 0 spiro atoms. The van der Waals surface area contributed by atoms with Crippen LogP contribution in [0.2, 0.25) is 0 Å². The van der Waals surface area contributed by atoms with Crippen molar-refractivity contribution in [3.8, 4) is 0 Å². The van der Waals surface area contributed by atoms with Gasteiger partial charge in [0.2, 0.25) is 0 Å². The van der Waals surface area contributed by atoms with Gasteiger partial charge in [-0.15, -0.1) is 0 Å². The summed E-state index contributed by atoms with van der Waals surface area (Å²) < 4.78 is 14.0. The normalized spacial score (nSPS) is 19.6.